The highest BCUT2D eigenvalue weighted by molar-refractivity contribution is 14.0. The summed E-state index contributed by atoms with van der Waals surface area (Å²) in [5, 5.41) is 3.16. The SMILES string of the molecule is CCCC1(CN=C(N)Nc2ccc(CC)cc2)CC1.I. The molecule has 4 heteroatoms. The van der Waals surface area contributed by atoms with Crippen molar-refractivity contribution in [2.45, 2.75) is 46.0 Å². The number of hydrogen-bond donors (Lipinski definition) is 2. The Labute approximate surface area is 139 Å². The molecule has 1 aromatic rings. The third-order valence-electron chi connectivity index (χ3n) is 3.96. The van der Waals surface area contributed by atoms with E-state index in [-0.39, 0.29) is 24.0 Å². The van der Waals surface area contributed by atoms with E-state index in [0.29, 0.717) is 11.4 Å². The lowest BCUT2D eigenvalue weighted by Crippen LogP contribution is -2.24. The van der Waals surface area contributed by atoms with E-state index in [0.717, 1.165) is 18.7 Å². The quantitative estimate of drug-likeness (QED) is 0.437. The average Bonchev–Trinajstić information content (AvgIpc) is 3.18. The molecule has 3 nitrogen and oxygen atoms in total. The zero-order valence-corrected chi connectivity index (χ0v) is 14.8. The average molecular weight is 387 g/mol. The molecule has 0 atom stereocenters. The molecule has 0 amide bonds. The van der Waals surface area contributed by atoms with E-state index in [1.54, 1.807) is 0 Å². The fourth-order valence-corrected chi connectivity index (χ4v) is 2.46. The van der Waals surface area contributed by atoms with Gasteiger partial charge in [0.15, 0.2) is 5.96 Å². The van der Waals surface area contributed by atoms with Crippen LogP contribution in [0.3, 0.4) is 0 Å². The summed E-state index contributed by atoms with van der Waals surface area (Å²) < 4.78 is 0. The predicted octanol–water partition coefficient (Wildman–Crippen LogP) is 4.17. The van der Waals surface area contributed by atoms with Gasteiger partial charge in [-0.25, -0.2) is 0 Å². The highest BCUT2D eigenvalue weighted by Gasteiger charge is 2.41. The zero-order valence-electron chi connectivity index (χ0n) is 12.5. The molecule has 1 fully saturated rings. The number of rotatable bonds is 6. The van der Waals surface area contributed by atoms with E-state index in [4.69, 9.17) is 5.73 Å². The van der Waals surface area contributed by atoms with Gasteiger partial charge in [-0.1, -0.05) is 32.4 Å². The van der Waals surface area contributed by atoms with Crippen molar-refractivity contribution in [3.63, 3.8) is 0 Å². The molecule has 0 saturated heterocycles. The van der Waals surface area contributed by atoms with Crippen LogP contribution in [-0.4, -0.2) is 12.5 Å². The number of nitrogens with zero attached hydrogens (tertiary/aromatic N) is 1. The normalized spacial score (nSPS) is 16.4. The number of halogens is 1. The molecule has 0 unspecified atom stereocenters. The summed E-state index contributed by atoms with van der Waals surface area (Å²) in [4.78, 5) is 4.50. The summed E-state index contributed by atoms with van der Waals surface area (Å²) in [6.07, 6.45) is 6.19. The van der Waals surface area contributed by atoms with Crippen LogP contribution in [0.15, 0.2) is 29.3 Å². The van der Waals surface area contributed by atoms with Crippen LogP contribution >= 0.6 is 24.0 Å². The zero-order chi connectivity index (χ0) is 13.7. The minimum atomic E-state index is 0. The van der Waals surface area contributed by atoms with Gasteiger partial charge in [-0.05, 0) is 48.8 Å². The fourth-order valence-electron chi connectivity index (χ4n) is 2.46. The van der Waals surface area contributed by atoms with Gasteiger partial charge in [0.05, 0.1) is 0 Å². The van der Waals surface area contributed by atoms with Crippen LogP contribution in [-0.2, 0) is 6.42 Å². The van der Waals surface area contributed by atoms with Crippen molar-refractivity contribution in [2.24, 2.45) is 16.1 Å². The second-order valence-electron chi connectivity index (χ2n) is 5.63. The molecular formula is C16H26IN3. The van der Waals surface area contributed by atoms with Gasteiger partial charge in [0.1, 0.15) is 0 Å². The molecule has 0 bridgehead atoms. The lowest BCUT2D eigenvalue weighted by Gasteiger charge is -2.12. The highest BCUT2D eigenvalue weighted by atomic mass is 127. The van der Waals surface area contributed by atoms with Crippen molar-refractivity contribution in [1.29, 1.82) is 0 Å². The molecule has 112 valence electrons. The summed E-state index contributed by atoms with van der Waals surface area (Å²) >= 11 is 0. The summed E-state index contributed by atoms with van der Waals surface area (Å²) in [7, 11) is 0. The van der Waals surface area contributed by atoms with Gasteiger partial charge < -0.3 is 11.1 Å². The van der Waals surface area contributed by atoms with Gasteiger partial charge in [-0.3, -0.25) is 4.99 Å². The Balaban J connectivity index is 0.00000200. The van der Waals surface area contributed by atoms with Crippen LogP contribution in [0.1, 0.15) is 45.1 Å². The van der Waals surface area contributed by atoms with Gasteiger partial charge in [0, 0.05) is 12.2 Å². The number of aliphatic imine (C=N–C) groups is 1. The molecule has 0 radical (unpaired) electrons. The number of nitrogens with two attached hydrogens (primary N) is 1. The second-order valence-corrected chi connectivity index (χ2v) is 5.63. The van der Waals surface area contributed by atoms with E-state index < -0.39 is 0 Å². The lowest BCUT2D eigenvalue weighted by molar-refractivity contribution is 0.473. The van der Waals surface area contributed by atoms with E-state index in [9.17, 15) is 0 Å². The van der Waals surface area contributed by atoms with Crippen LogP contribution in [0, 0.1) is 5.41 Å². The lowest BCUT2D eigenvalue weighted by atomic mass is 10.0. The number of aryl methyl sites for hydroxylation is 1. The van der Waals surface area contributed by atoms with Crippen molar-refractivity contribution >= 4 is 35.6 Å². The number of hydrogen-bond acceptors (Lipinski definition) is 1. The van der Waals surface area contributed by atoms with Crippen molar-refractivity contribution in [3.8, 4) is 0 Å². The van der Waals surface area contributed by atoms with Crippen LogP contribution < -0.4 is 11.1 Å². The largest absolute Gasteiger partial charge is 0.370 e. The molecule has 3 N–H and O–H groups in total. The van der Waals surface area contributed by atoms with Crippen molar-refractivity contribution in [2.75, 3.05) is 11.9 Å². The van der Waals surface area contributed by atoms with Crippen molar-refractivity contribution in [3.05, 3.63) is 29.8 Å². The number of guanidine groups is 1. The molecule has 1 aromatic carbocycles. The molecule has 0 aliphatic heterocycles. The molecule has 0 aromatic heterocycles. The Hall–Kier alpha value is -0.780. The Kier molecular flexibility index (Phi) is 6.79. The maximum Gasteiger partial charge on any atom is 0.193 e. The maximum atomic E-state index is 5.95. The molecule has 1 aliphatic rings. The van der Waals surface area contributed by atoms with E-state index in [1.807, 2.05) is 0 Å². The third-order valence-corrected chi connectivity index (χ3v) is 3.96. The monoisotopic (exact) mass is 387 g/mol. The first-order valence-electron chi connectivity index (χ1n) is 7.33. The van der Waals surface area contributed by atoms with Gasteiger partial charge in [0.25, 0.3) is 0 Å². The van der Waals surface area contributed by atoms with E-state index in [2.05, 4.69) is 48.4 Å². The van der Waals surface area contributed by atoms with Crippen LogP contribution in [0.25, 0.3) is 0 Å². The predicted molar refractivity (Wildman–Crippen MR) is 97.9 cm³/mol. The Morgan fingerprint density at radius 3 is 2.40 bits per heavy atom. The molecular weight excluding hydrogens is 361 g/mol. The van der Waals surface area contributed by atoms with Crippen LogP contribution in [0.4, 0.5) is 5.69 Å². The first-order valence-corrected chi connectivity index (χ1v) is 7.33. The molecule has 0 spiro atoms. The summed E-state index contributed by atoms with van der Waals surface area (Å²) in [5.74, 6) is 0.534. The summed E-state index contributed by atoms with van der Waals surface area (Å²) in [6, 6.07) is 8.35. The van der Waals surface area contributed by atoms with Gasteiger partial charge in [-0.15, -0.1) is 24.0 Å². The molecule has 1 saturated carbocycles. The standard InChI is InChI=1S/C16H25N3.HI/c1-3-9-16(10-11-16)12-18-15(17)19-14-7-5-13(4-2)6-8-14;/h5-8H,3-4,9-12H2,1-2H3,(H3,17,18,19);1H. The number of anilines is 1. The van der Waals surface area contributed by atoms with Crippen LogP contribution in [0.2, 0.25) is 0 Å². The van der Waals surface area contributed by atoms with Crippen LogP contribution in [0.5, 0.6) is 0 Å². The Morgan fingerprint density at radius 2 is 1.90 bits per heavy atom. The van der Waals surface area contributed by atoms with Crippen molar-refractivity contribution in [1.82, 2.24) is 0 Å². The Bertz CT molecular complexity index is 436. The van der Waals surface area contributed by atoms with E-state index >= 15 is 0 Å². The maximum absolute atomic E-state index is 5.95. The molecule has 2 rings (SSSR count). The smallest absolute Gasteiger partial charge is 0.193 e. The minimum absolute atomic E-state index is 0. The molecule has 20 heavy (non-hydrogen) atoms. The first-order chi connectivity index (χ1) is 9.17. The van der Waals surface area contributed by atoms with E-state index in [1.165, 1.54) is 31.2 Å². The van der Waals surface area contributed by atoms with Gasteiger partial charge >= 0.3 is 0 Å². The number of benzene rings is 1. The van der Waals surface area contributed by atoms with Gasteiger partial charge in [0.2, 0.25) is 0 Å². The van der Waals surface area contributed by atoms with Crippen molar-refractivity contribution < 1.29 is 0 Å². The van der Waals surface area contributed by atoms with Gasteiger partial charge in [-0.2, -0.15) is 0 Å². The highest BCUT2D eigenvalue weighted by Crippen LogP contribution is 2.49. The number of nitrogens with one attached hydrogen (secondary N) is 1. The summed E-state index contributed by atoms with van der Waals surface area (Å²) in [5.41, 5.74) is 8.76. The third kappa shape index (κ3) is 4.96. The topological polar surface area (TPSA) is 50.4 Å². The Morgan fingerprint density at radius 1 is 1.25 bits per heavy atom. The molecule has 0 heterocycles. The second kappa shape index (κ2) is 7.86. The first kappa shape index (κ1) is 17.3. The summed E-state index contributed by atoms with van der Waals surface area (Å²) in [6.45, 7) is 5.26. The fraction of sp³-hybridized carbons (Fsp3) is 0.562. The molecule has 1 aliphatic carbocycles. The minimum Gasteiger partial charge on any atom is -0.370 e.